The number of nitrogen functional groups attached to an aromatic ring is 2. The number of hydroxylamine groups is 2. The molecular formula is C38H50N12O21P2S2. The van der Waals surface area contributed by atoms with Gasteiger partial charge in [-0.1, -0.05) is 17.3 Å². The number of nitrogens with one attached hydrogen (secondary N) is 3. The summed E-state index contributed by atoms with van der Waals surface area (Å²) in [7, 11) is 0. The molecule has 10 unspecified atom stereocenters. The monoisotopic (exact) mass is 1140 g/mol. The van der Waals surface area contributed by atoms with Crippen LogP contribution in [0.3, 0.4) is 0 Å². The van der Waals surface area contributed by atoms with E-state index in [-0.39, 0.29) is 113 Å². The first-order chi connectivity index (χ1) is 35.9. The lowest BCUT2D eigenvalue weighted by Gasteiger charge is -2.31. The summed E-state index contributed by atoms with van der Waals surface area (Å²) in [6, 6.07) is -1.31. The molecule has 3 amide bonds. The molecule has 33 nitrogen and oxygen atoms in total. The summed E-state index contributed by atoms with van der Waals surface area (Å²) in [5, 5.41) is 14.7. The molecule has 4 aromatic rings. The Bertz CT molecular complexity index is 2960. The molecule has 4 aliphatic heterocycles. The van der Waals surface area contributed by atoms with Gasteiger partial charge < -0.3 is 73.8 Å². The summed E-state index contributed by atoms with van der Waals surface area (Å²) < 4.78 is 79.3. The van der Waals surface area contributed by atoms with E-state index in [1.54, 1.807) is 0 Å². The van der Waals surface area contributed by atoms with Crippen molar-refractivity contribution in [2.24, 2.45) is 0 Å². The molecule has 9 N–H and O–H groups in total. The molecule has 3 saturated heterocycles. The lowest BCUT2D eigenvalue weighted by molar-refractivity contribution is -0.196. The maximum Gasteiger partial charge on any atom is 0.386 e. The van der Waals surface area contributed by atoms with Gasteiger partial charge >= 0.3 is 19.5 Å². The Kier molecular flexibility index (Phi) is 18.6. The van der Waals surface area contributed by atoms with Gasteiger partial charge in [-0.2, -0.15) is 9.97 Å². The molecule has 4 aromatic heterocycles. The number of carbonyl (C=O) groups is 4. The third-order valence-corrected chi connectivity index (χ3v) is 14.3. The number of carbonyl (C=O) groups excluding carboxylic acids is 4. The van der Waals surface area contributed by atoms with Crippen molar-refractivity contribution in [3.8, 4) is 0 Å². The van der Waals surface area contributed by atoms with E-state index in [1.165, 1.54) is 15.5 Å². The minimum Gasteiger partial charge on any atom is -0.386 e. The number of aromatic amines is 2. The third kappa shape index (κ3) is 14.1. The molecule has 0 aromatic carbocycles. The van der Waals surface area contributed by atoms with Crippen molar-refractivity contribution in [1.29, 1.82) is 0 Å². The molecule has 75 heavy (non-hydrogen) atoms. The zero-order chi connectivity index (χ0) is 53.4. The Hall–Kier alpha value is -5.17. The number of ether oxygens (including phenoxy) is 7. The van der Waals surface area contributed by atoms with Gasteiger partial charge in [0, 0.05) is 18.6 Å². The van der Waals surface area contributed by atoms with Gasteiger partial charge in [-0.15, -0.1) is 0 Å². The van der Waals surface area contributed by atoms with Crippen LogP contribution in [0.1, 0.15) is 25.3 Å². The third-order valence-electron chi connectivity index (χ3n) is 11.1. The van der Waals surface area contributed by atoms with Crippen molar-refractivity contribution in [2.45, 2.75) is 61.9 Å². The first-order valence-corrected chi connectivity index (χ1v) is 27.9. The van der Waals surface area contributed by atoms with Gasteiger partial charge in [-0.25, -0.2) is 19.3 Å². The summed E-state index contributed by atoms with van der Waals surface area (Å²) in [5.74, 6) is -3.42. The van der Waals surface area contributed by atoms with Gasteiger partial charge in [0.15, 0.2) is 34.8 Å². The first-order valence-electron chi connectivity index (χ1n) is 22.6. The number of fused-ring (bicyclic) bond motifs is 4. The largest absolute Gasteiger partial charge is 0.386 e. The number of rotatable bonds is 22. The van der Waals surface area contributed by atoms with E-state index in [0.29, 0.717) is 5.06 Å². The molecule has 3 fully saturated rings. The number of aliphatic hydroxyl groups is 1. The van der Waals surface area contributed by atoms with Crippen molar-refractivity contribution in [3.63, 3.8) is 0 Å². The van der Waals surface area contributed by atoms with E-state index in [0.717, 1.165) is 18.5 Å². The highest BCUT2D eigenvalue weighted by molar-refractivity contribution is 8.44. The number of imide groups is 1. The number of nitrogens with two attached hydrogens (primary N) is 2. The van der Waals surface area contributed by atoms with Crippen LogP contribution in [0, 0.1) is 0 Å². The molecule has 8 rings (SSSR count). The lowest BCUT2D eigenvalue weighted by Crippen LogP contribution is -2.48. The van der Waals surface area contributed by atoms with E-state index < -0.39 is 111 Å². The van der Waals surface area contributed by atoms with Crippen LogP contribution < -0.4 is 27.9 Å². The quantitative estimate of drug-likeness (QED) is 0.0173. The molecule has 410 valence electrons. The summed E-state index contributed by atoms with van der Waals surface area (Å²) in [6.07, 6.45) is -6.20. The van der Waals surface area contributed by atoms with Gasteiger partial charge in [-0.05, 0) is 11.8 Å². The van der Waals surface area contributed by atoms with Gasteiger partial charge in [0.25, 0.3) is 22.9 Å². The maximum absolute atomic E-state index is 13.9. The minimum atomic E-state index is -4.50. The Morgan fingerprint density at radius 2 is 1.23 bits per heavy atom. The molecule has 0 aliphatic carbocycles. The average molecular weight is 1140 g/mol. The van der Waals surface area contributed by atoms with Gasteiger partial charge in [0.05, 0.1) is 98.4 Å². The van der Waals surface area contributed by atoms with Crippen molar-refractivity contribution >= 4 is 95.5 Å². The topological polar surface area (TPSA) is 431 Å². The highest BCUT2D eigenvalue weighted by atomic mass is 32.7. The van der Waals surface area contributed by atoms with Crippen LogP contribution in [0.5, 0.6) is 0 Å². The van der Waals surface area contributed by atoms with E-state index in [9.17, 15) is 43.3 Å². The fourth-order valence-corrected chi connectivity index (χ4v) is 10.7. The average Bonchev–Trinajstić information content (AvgIpc) is 4.19. The summed E-state index contributed by atoms with van der Waals surface area (Å²) in [5.41, 5.74) is 9.83. The number of aliphatic hydroxyl groups excluding tert-OH is 1. The van der Waals surface area contributed by atoms with Crippen molar-refractivity contribution in [1.82, 2.24) is 49.4 Å². The van der Waals surface area contributed by atoms with E-state index in [2.05, 4.69) is 47.5 Å². The molecule has 4 aliphatic rings. The van der Waals surface area contributed by atoms with E-state index >= 15 is 0 Å². The van der Waals surface area contributed by atoms with Crippen LogP contribution in [-0.4, -0.2) is 194 Å². The fourth-order valence-electron chi connectivity index (χ4n) is 7.75. The molecule has 10 atom stereocenters. The Morgan fingerprint density at radius 3 is 1.79 bits per heavy atom. The molecule has 0 radical (unpaired) electrons. The highest BCUT2D eigenvalue weighted by Gasteiger charge is 2.54. The number of thiol groups is 1. The normalized spacial score (nSPS) is 28.1. The number of nitrogens with zero attached hydrogens (tertiary/aromatic N) is 7. The molecule has 37 heteroatoms. The first kappa shape index (κ1) is 56.0. The second-order valence-corrected chi connectivity index (χ2v) is 21.9. The van der Waals surface area contributed by atoms with Gasteiger partial charge in [0.2, 0.25) is 17.8 Å². The molecule has 8 heterocycles. The number of hydrogen-bond donors (Lipinski definition) is 8. The maximum atomic E-state index is 13.9. The number of anilines is 2. The predicted molar refractivity (Wildman–Crippen MR) is 256 cm³/mol. The zero-order valence-electron chi connectivity index (χ0n) is 39.0. The smallest absolute Gasteiger partial charge is 0.386 e. The second-order valence-electron chi connectivity index (χ2n) is 16.3. The van der Waals surface area contributed by atoms with Crippen molar-refractivity contribution in [2.75, 3.05) is 90.7 Å². The number of aromatic nitrogens is 8. The SMILES string of the molecule is Nc1nc2c(ncn2C2OC3COP(O)(=S)OC4C(COP(=O)(S)OC3C2O)OC(n2cnc3c(=O)[nH]c(N)nc32)C4NC(=O)CCOCCOCCOCCOCCOCCC(=O)ON2C(=O)C=CC2=O)c(=O)[nH]1. The van der Waals surface area contributed by atoms with Crippen LogP contribution >= 0.6 is 25.8 Å². The Balaban J connectivity index is 0.812. The summed E-state index contributed by atoms with van der Waals surface area (Å²) >= 11 is 9.60. The van der Waals surface area contributed by atoms with Crippen molar-refractivity contribution < 1.29 is 89.8 Å². The zero-order valence-corrected chi connectivity index (χ0v) is 42.5. The summed E-state index contributed by atoms with van der Waals surface area (Å²) in [6.45, 7) is -8.66. The number of hydrogen-bond acceptors (Lipinski definition) is 27. The van der Waals surface area contributed by atoms with Crippen LogP contribution in [0.15, 0.2) is 34.4 Å². The Morgan fingerprint density at radius 1 is 0.747 bits per heavy atom. The van der Waals surface area contributed by atoms with E-state index in [4.69, 9.17) is 79.4 Å². The molecule has 0 saturated carbocycles. The highest BCUT2D eigenvalue weighted by Crippen LogP contribution is 2.58. The Labute approximate surface area is 431 Å². The lowest BCUT2D eigenvalue weighted by atomic mass is 10.1. The van der Waals surface area contributed by atoms with Crippen LogP contribution in [0.2, 0.25) is 0 Å². The predicted octanol–water partition coefficient (Wildman–Crippen LogP) is -2.62. The number of amides is 3. The van der Waals surface area contributed by atoms with Gasteiger partial charge in [0.1, 0.15) is 36.6 Å². The van der Waals surface area contributed by atoms with Crippen molar-refractivity contribution in [3.05, 3.63) is 45.5 Å². The molecule has 0 spiro atoms. The second kappa shape index (κ2) is 24.9. The van der Waals surface area contributed by atoms with Crippen LogP contribution in [0.4, 0.5) is 11.9 Å². The number of H-pyrrole nitrogens is 2. The van der Waals surface area contributed by atoms with Crippen LogP contribution in [0.25, 0.3) is 22.3 Å². The van der Waals surface area contributed by atoms with Crippen LogP contribution in [-0.2, 0) is 91.6 Å². The van der Waals surface area contributed by atoms with E-state index in [1.807, 2.05) is 0 Å². The van der Waals surface area contributed by atoms with Gasteiger partial charge in [-0.3, -0.25) is 52.1 Å². The standard InChI is InChI=1S/C38H50N12O21P2S2/c39-37-44-31-26(33(56)46-37)41-17-48(31)35-25(43-21(51)3-5-60-7-9-62-11-13-64-14-12-63-10-8-61-6-4-24(54)69-50-22(52)1-2-23(50)53)29-19(67-35)15-65-73(59,75)71-30-20(16-66-72(58,74)70-29)68-36(28(30)55)49-18-42-27-32(49)45-38(40)47-34(27)57/h1-2,17-20,25,28-30,35-36,55H,3-16H2,(H,43,51)(H,58,74)(H,59,75)(H3,39,44,46,56)(H3,40,45,47,57). The minimum absolute atomic E-state index is 0.00501. The molecular weight excluding hydrogens is 1090 g/mol. The summed E-state index contributed by atoms with van der Waals surface area (Å²) in [4.78, 5) is 111. The molecule has 0 bridgehead atoms. The fraction of sp³-hybridized carbons (Fsp3) is 0.579. The number of imidazole rings is 2.